The Kier molecular flexibility index (Phi) is 5.59. The molecule has 0 radical (unpaired) electrons. The molecule has 9 heteroatoms. The molecule has 2 aromatic heterocycles. The number of likely N-dealkylation sites (tertiary alicyclic amines) is 1. The lowest BCUT2D eigenvalue weighted by atomic mass is 9.95. The Labute approximate surface area is 190 Å². The molecule has 2 amide bonds. The van der Waals surface area contributed by atoms with Gasteiger partial charge in [-0.1, -0.05) is 0 Å². The summed E-state index contributed by atoms with van der Waals surface area (Å²) in [5.74, 6) is 0.905. The van der Waals surface area contributed by atoms with Crippen LogP contribution in [0.1, 0.15) is 44.7 Å². The lowest BCUT2D eigenvalue weighted by Crippen LogP contribution is -2.61. The van der Waals surface area contributed by atoms with E-state index in [4.69, 9.17) is 14.6 Å². The van der Waals surface area contributed by atoms with Crippen LogP contribution in [0.5, 0.6) is 5.75 Å². The van der Waals surface area contributed by atoms with Gasteiger partial charge in [0.15, 0.2) is 5.76 Å². The average Bonchev–Trinajstić information content (AvgIpc) is 3.29. The molecule has 1 saturated heterocycles. The highest BCUT2D eigenvalue weighted by Crippen LogP contribution is 2.32. The number of nitrogens with one attached hydrogen (secondary N) is 3. The standard InChI is InChI=1S/C24H26N4O5/c1-13-17(23(30)28-11-24(3,31)12-28)10-27-21(13)18(7-8-25)33-15-5-6-16-19(9-15)32-14(2)20(16)22(29)26-4/h5-10,25,27,31H,11-12H2,1-4H3,(H,26,29)/b18-7+,25-8?. The van der Waals surface area contributed by atoms with Gasteiger partial charge < -0.3 is 34.9 Å². The predicted octanol–water partition coefficient (Wildman–Crippen LogP) is 3.01. The predicted molar refractivity (Wildman–Crippen MR) is 124 cm³/mol. The maximum absolute atomic E-state index is 12.8. The average molecular weight is 450 g/mol. The van der Waals surface area contributed by atoms with Gasteiger partial charge >= 0.3 is 0 Å². The molecule has 0 saturated carbocycles. The highest BCUT2D eigenvalue weighted by Gasteiger charge is 2.40. The van der Waals surface area contributed by atoms with Gasteiger partial charge in [-0.2, -0.15) is 0 Å². The molecular weight excluding hydrogens is 424 g/mol. The summed E-state index contributed by atoms with van der Waals surface area (Å²) in [5.41, 5.74) is 1.85. The summed E-state index contributed by atoms with van der Waals surface area (Å²) < 4.78 is 11.8. The number of allylic oxidation sites excluding steroid dienone is 1. The number of β-amino-alcohol motifs (C(OH)–C–C–N with tert-alkyl or cyclic N) is 1. The third-order valence-corrected chi connectivity index (χ3v) is 5.72. The van der Waals surface area contributed by atoms with E-state index in [1.54, 1.807) is 57.1 Å². The van der Waals surface area contributed by atoms with Crippen LogP contribution in [0.25, 0.3) is 16.7 Å². The topological polar surface area (TPSA) is 132 Å². The fourth-order valence-electron chi connectivity index (χ4n) is 4.10. The molecule has 4 N–H and O–H groups in total. The second-order valence-corrected chi connectivity index (χ2v) is 8.43. The molecule has 1 aromatic carbocycles. The number of aromatic nitrogens is 1. The first-order valence-electron chi connectivity index (χ1n) is 10.5. The number of amides is 2. The minimum atomic E-state index is -0.850. The van der Waals surface area contributed by atoms with Gasteiger partial charge in [0.1, 0.15) is 17.1 Å². The maximum Gasteiger partial charge on any atom is 0.255 e. The maximum atomic E-state index is 12.8. The molecule has 1 fully saturated rings. The Balaban J connectivity index is 1.62. The molecule has 3 heterocycles. The number of aromatic amines is 1. The number of carbonyl (C=O) groups excluding carboxylic acids is 2. The summed E-state index contributed by atoms with van der Waals surface area (Å²) in [4.78, 5) is 29.6. The van der Waals surface area contributed by atoms with Crippen molar-refractivity contribution in [3.63, 3.8) is 0 Å². The molecule has 0 spiro atoms. The summed E-state index contributed by atoms with van der Waals surface area (Å²) in [6, 6.07) is 5.15. The number of H-pyrrole nitrogens is 1. The van der Waals surface area contributed by atoms with E-state index in [1.165, 1.54) is 6.08 Å². The van der Waals surface area contributed by atoms with E-state index in [0.717, 1.165) is 6.21 Å². The van der Waals surface area contributed by atoms with E-state index in [9.17, 15) is 14.7 Å². The van der Waals surface area contributed by atoms with Gasteiger partial charge in [-0.15, -0.1) is 0 Å². The fourth-order valence-corrected chi connectivity index (χ4v) is 4.10. The van der Waals surface area contributed by atoms with E-state index in [2.05, 4.69) is 10.3 Å². The summed E-state index contributed by atoms with van der Waals surface area (Å²) in [6.07, 6.45) is 4.19. The number of nitrogens with zero attached hydrogens (tertiary/aromatic N) is 1. The monoisotopic (exact) mass is 450 g/mol. The van der Waals surface area contributed by atoms with E-state index < -0.39 is 5.60 Å². The second-order valence-electron chi connectivity index (χ2n) is 8.43. The van der Waals surface area contributed by atoms with Crippen molar-refractivity contribution in [2.75, 3.05) is 20.1 Å². The van der Waals surface area contributed by atoms with E-state index in [0.29, 0.717) is 50.6 Å². The van der Waals surface area contributed by atoms with Gasteiger partial charge in [-0.25, -0.2) is 0 Å². The lowest BCUT2D eigenvalue weighted by Gasteiger charge is -2.44. The molecule has 4 rings (SSSR count). The number of aryl methyl sites for hydroxylation is 1. The summed E-state index contributed by atoms with van der Waals surface area (Å²) in [5, 5.41) is 20.7. The summed E-state index contributed by atoms with van der Waals surface area (Å²) >= 11 is 0. The highest BCUT2D eigenvalue weighted by atomic mass is 16.5. The third-order valence-electron chi connectivity index (χ3n) is 5.72. The van der Waals surface area contributed by atoms with Crippen molar-refractivity contribution in [3.8, 4) is 5.75 Å². The second kappa shape index (κ2) is 8.25. The molecule has 3 aromatic rings. The van der Waals surface area contributed by atoms with Crippen molar-refractivity contribution in [3.05, 3.63) is 58.6 Å². The number of ether oxygens (including phenoxy) is 1. The van der Waals surface area contributed by atoms with Crippen molar-refractivity contribution in [2.24, 2.45) is 0 Å². The number of hydrogen-bond donors (Lipinski definition) is 4. The number of fused-ring (bicyclic) bond motifs is 1. The fraction of sp³-hybridized carbons (Fsp3) is 0.292. The highest BCUT2D eigenvalue weighted by molar-refractivity contribution is 6.07. The van der Waals surface area contributed by atoms with E-state index >= 15 is 0 Å². The Morgan fingerprint density at radius 1 is 1.33 bits per heavy atom. The van der Waals surface area contributed by atoms with Gasteiger partial charge in [-0.05, 0) is 38.5 Å². The zero-order chi connectivity index (χ0) is 23.9. The Morgan fingerprint density at radius 2 is 2.06 bits per heavy atom. The quantitative estimate of drug-likeness (QED) is 0.339. The van der Waals surface area contributed by atoms with Crippen LogP contribution in [-0.4, -0.2) is 58.8 Å². The lowest BCUT2D eigenvalue weighted by molar-refractivity contribution is -0.0668. The van der Waals surface area contributed by atoms with Gasteiger partial charge in [0.25, 0.3) is 11.8 Å². The Morgan fingerprint density at radius 3 is 2.70 bits per heavy atom. The summed E-state index contributed by atoms with van der Waals surface area (Å²) in [6.45, 7) is 5.79. The van der Waals surface area contributed by atoms with E-state index in [-0.39, 0.29) is 24.9 Å². The molecule has 0 atom stereocenters. The van der Waals surface area contributed by atoms with Crippen LogP contribution in [0.4, 0.5) is 0 Å². The van der Waals surface area contributed by atoms with Crippen LogP contribution in [0.2, 0.25) is 0 Å². The number of furan rings is 1. The van der Waals surface area contributed by atoms with Crippen molar-refractivity contribution < 1.29 is 23.8 Å². The van der Waals surface area contributed by atoms with Gasteiger partial charge in [-0.3, -0.25) is 9.59 Å². The van der Waals surface area contributed by atoms with Gasteiger partial charge in [0.2, 0.25) is 0 Å². The molecule has 0 bridgehead atoms. The molecule has 172 valence electrons. The first-order valence-corrected chi connectivity index (χ1v) is 10.5. The zero-order valence-electron chi connectivity index (χ0n) is 18.9. The SMILES string of the molecule is CNC(=O)c1c(C)oc2cc(O/C(=C/C=N)c3[nH]cc(C(=O)N4CC(C)(O)C4)c3C)ccc12. The molecule has 1 aliphatic rings. The number of hydrogen-bond acceptors (Lipinski definition) is 6. The van der Waals surface area contributed by atoms with Crippen molar-refractivity contribution in [1.29, 1.82) is 5.41 Å². The number of rotatable bonds is 6. The van der Waals surface area contributed by atoms with Crippen molar-refractivity contribution >= 4 is 34.8 Å². The van der Waals surface area contributed by atoms with Crippen LogP contribution in [-0.2, 0) is 0 Å². The van der Waals surface area contributed by atoms with Crippen LogP contribution in [0.15, 0.2) is 34.9 Å². The molecular formula is C24H26N4O5. The van der Waals surface area contributed by atoms with Crippen molar-refractivity contribution in [2.45, 2.75) is 26.4 Å². The van der Waals surface area contributed by atoms with Gasteiger partial charge in [0, 0.05) is 37.0 Å². The van der Waals surface area contributed by atoms with Gasteiger partial charge in [0.05, 0.1) is 35.5 Å². The zero-order valence-corrected chi connectivity index (χ0v) is 18.9. The molecule has 0 aliphatic carbocycles. The first kappa shape index (κ1) is 22.3. The Hall–Kier alpha value is -3.85. The van der Waals surface area contributed by atoms with E-state index in [1.807, 2.05) is 0 Å². The minimum absolute atomic E-state index is 0.176. The molecule has 0 unspecified atom stereocenters. The van der Waals surface area contributed by atoms with Crippen molar-refractivity contribution in [1.82, 2.24) is 15.2 Å². The number of aliphatic hydroxyl groups is 1. The first-order chi connectivity index (χ1) is 15.6. The molecule has 1 aliphatic heterocycles. The smallest absolute Gasteiger partial charge is 0.255 e. The molecule has 33 heavy (non-hydrogen) atoms. The molecule has 9 nitrogen and oxygen atoms in total. The van der Waals surface area contributed by atoms with Crippen LogP contribution in [0, 0.1) is 19.3 Å². The minimum Gasteiger partial charge on any atom is -0.460 e. The van der Waals surface area contributed by atoms with Crippen LogP contribution < -0.4 is 10.1 Å². The van der Waals surface area contributed by atoms with Crippen LogP contribution in [0.3, 0.4) is 0 Å². The Bertz CT molecular complexity index is 1290. The number of benzene rings is 1. The normalized spacial score (nSPS) is 15.3. The van der Waals surface area contributed by atoms with Crippen LogP contribution >= 0.6 is 0 Å². The third kappa shape index (κ3) is 4.03. The number of carbonyl (C=O) groups is 2. The summed E-state index contributed by atoms with van der Waals surface area (Å²) in [7, 11) is 1.56. The largest absolute Gasteiger partial charge is 0.460 e.